The second-order valence-corrected chi connectivity index (χ2v) is 5.19. The van der Waals surface area contributed by atoms with Crippen LogP contribution in [0.25, 0.3) is 0 Å². The number of hydrogen-bond donors (Lipinski definition) is 1. The van der Waals surface area contributed by atoms with Crippen molar-refractivity contribution in [2.45, 2.75) is 11.8 Å². The van der Waals surface area contributed by atoms with Crippen molar-refractivity contribution in [3.8, 4) is 11.5 Å². The van der Waals surface area contributed by atoms with E-state index in [9.17, 15) is 9.59 Å². The predicted molar refractivity (Wildman–Crippen MR) is 85.6 cm³/mol. The molecule has 0 aliphatic carbocycles. The number of benzene rings is 2. The third kappa shape index (κ3) is 4.82. The molecular formula is C16H15NO4S. The van der Waals surface area contributed by atoms with Gasteiger partial charge in [0.05, 0.1) is 0 Å². The van der Waals surface area contributed by atoms with Crippen LogP contribution in [-0.2, 0) is 4.79 Å². The molecule has 1 amide bonds. The Morgan fingerprint density at radius 1 is 1.00 bits per heavy atom. The molecule has 0 aliphatic heterocycles. The van der Waals surface area contributed by atoms with Gasteiger partial charge in [-0.2, -0.15) is 0 Å². The van der Waals surface area contributed by atoms with Gasteiger partial charge in [-0.05, 0) is 42.7 Å². The molecule has 0 aliphatic rings. The quantitative estimate of drug-likeness (QED) is 0.525. The Labute approximate surface area is 132 Å². The molecule has 1 N–H and O–H groups in total. The van der Waals surface area contributed by atoms with Crippen LogP contribution in [0.2, 0.25) is 0 Å². The molecule has 5 nitrogen and oxygen atoms in total. The highest BCUT2D eigenvalue weighted by Crippen LogP contribution is 2.21. The standard InChI is InChI=1S/C16H15NO4S/c1-11(18)20-13-4-3-5-14(10-13)21-16(19)17-12-6-8-15(22-2)9-7-12/h3-10H,1-2H3,(H,17,19). The third-order valence-electron chi connectivity index (χ3n) is 2.61. The fourth-order valence-corrected chi connectivity index (χ4v) is 2.10. The first-order chi connectivity index (χ1) is 10.6. The highest BCUT2D eigenvalue weighted by Gasteiger charge is 2.07. The summed E-state index contributed by atoms with van der Waals surface area (Å²) in [4.78, 5) is 23.8. The zero-order chi connectivity index (χ0) is 15.9. The molecule has 0 spiro atoms. The second kappa shape index (κ2) is 7.51. The first kappa shape index (κ1) is 15.9. The second-order valence-electron chi connectivity index (χ2n) is 4.31. The van der Waals surface area contributed by atoms with E-state index in [1.54, 1.807) is 42.1 Å². The lowest BCUT2D eigenvalue weighted by atomic mass is 10.3. The molecule has 2 rings (SSSR count). The maximum Gasteiger partial charge on any atom is 0.417 e. The van der Waals surface area contributed by atoms with Crippen LogP contribution in [0.15, 0.2) is 53.4 Å². The van der Waals surface area contributed by atoms with Gasteiger partial charge in [0.25, 0.3) is 0 Å². The number of carbonyl (C=O) groups excluding carboxylic acids is 2. The van der Waals surface area contributed by atoms with Crippen LogP contribution in [0.5, 0.6) is 11.5 Å². The summed E-state index contributed by atoms with van der Waals surface area (Å²) in [5.74, 6) is 0.176. The Morgan fingerprint density at radius 3 is 2.23 bits per heavy atom. The highest BCUT2D eigenvalue weighted by atomic mass is 32.2. The Morgan fingerprint density at radius 2 is 1.64 bits per heavy atom. The lowest BCUT2D eigenvalue weighted by molar-refractivity contribution is -0.131. The van der Waals surface area contributed by atoms with E-state index in [0.29, 0.717) is 11.4 Å². The molecule has 0 heterocycles. The van der Waals surface area contributed by atoms with E-state index >= 15 is 0 Å². The number of esters is 1. The van der Waals surface area contributed by atoms with Crippen molar-refractivity contribution in [3.63, 3.8) is 0 Å². The van der Waals surface area contributed by atoms with Gasteiger partial charge in [-0.3, -0.25) is 10.1 Å². The van der Waals surface area contributed by atoms with Crippen molar-refractivity contribution < 1.29 is 19.1 Å². The van der Waals surface area contributed by atoms with Crippen molar-refractivity contribution in [3.05, 3.63) is 48.5 Å². The maximum absolute atomic E-state index is 11.8. The minimum absolute atomic E-state index is 0.289. The van der Waals surface area contributed by atoms with E-state index in [2.05, 4.69) is 5.32 Å². The van der Waals surface area contributed by atoms with Crippen molar-refractivity contribution in [2.24, 2.45) is 0 Å². The van der Waals surface area contributed by atoms with Crippen molar-refractivity contribution in [1.82, 2.24) is 0 Å². The maximum atomic E-state index is 11.8. The molecule has 0 bridgehead atoms. The molecule has 0 unspecified atom stereocenters. The highest BCUT2D eigenvalue weighted by molar-refractivity contribution is 7.98. The summed E-state index contributed by atoms with van der Waals surface area (Å²) >= 11 is 1.62. The molecule has 2 aromatic carbocycles. The van der Waals surface area contributed by atoms with E-state index in [1.807, 2.05) is 18.4 Å². The van der Waals surface area contributed by atoms with E-state index in [0.717, 1.165) is 4.90 Å². The Kier molecular flexibility index (Phi) is 5.43. The normalized spacial score (nSPS) is 9.91. The van der Waals surface area contributed by atoms with Crippen molar-refractivity contribution in [1.29, 1.82) is 0 Å². The summed E-state index contributed by atoms with van der Waals surface area (Å²) < 4.78 is 10.1. The van der Waals surface area contributed by atoms with E-state index in [1.165, 1.54) is 13.0 Å². The number of rotatable bonds is 4. The van der Waals surface area contributed by atoms with E-state index in [-0.39, 0.29) is 5.75 Å². The van der Waals surface area contributed by atoms with E-state index < -0.39 is 12.1 Å². The van der Waals surface area contributed by atoms with Gasteiger partial charge in [0, 0.05) is 23.6 Å². The van der Waals surface area contributed by atoms with Gasteiger partial charge in [-0.15, -0.1) is 11.8 Å². The Balaban J connectivity index is 1.97. The molecule has 0 aromatic heterocycles. The van der Waals surface area contributed by atoms with Crippen LogP contribution in [0, 0.1) is 0 Å². The summed E-state index contributed by atoms with van der Waals surface area (Å²) in [7, 11) is 0. The van der Waals surface area contributed by atoms with E-state index in [4.69, 9.17) is 9.47 Å². The van der Waals surface area contributed by atoms with Gasteiger partial charge in [-0.1, -0.05) is 6.07 Å². The molecule has 0 atom stereocenters. The monoisotopic (exact) mass is 317 g/mol. The molecule has 2 aromatic rings. The Hall–Kier alpha value is -2.47. The molecule has 0 saturated carbocycles. The first-order valence-electron chi connectivity index (χ1n) is 6.48. The lowest BCUT2D eigenvalue weighted by Gasteiger charge is -2.08. The van der Waals surface area contributed by atoms with Crippen LogP contribution < -0.4 is 14.8 Å². The molecular weight excluding hydrogens is 302 g/mol. The minimum Gasteiger partial charge on any atom is -0.427 e. The first-order valence-corrected chi connectivity index (χ1v) is 7.70. The minimum atomic E-state index is -0.614. The fraction of sp³-hybridized carbons (Fsp3) is 0.125. The number of ether oxygens (including phenoxy) is 2. The summed E-state index contributed by atoms with van der Waals surface area (Å²) in [6.07, 6.45) is 1.36. The predicted octanol–water partition coefficient (Wildman–Crippen LogP) is 3.94. The van der Waals surface area contributed by atoms with Gasteiger partial charge >= 0.3 is 12.1 Å². The van der Waals surface area contributed by atoms with Crippen LogP contribution in [-0.4, -0.2) is 18.3 Å². The van der Waals surface area contributed by atoms with Crippen LogP contribution >= 0.6 is 11.8 Å². The number of nitrogens with one attached hydrogen (secondary N) is 1. The average molecular weight is 317 g/mol. The number of thioether (sulfide) groups is 1. The zero-order valence-electron chi connectivity index (χ0n) is 12.2. The summed E-state index contributed by atoms with van der Waals surface area (Å²) in [5.41, 5.74) is 0.638. The lowest BCUT2D eigenvalue weighted by Crippen LogP contribution is -2.16. The van der Waals surface area contributed by atoms with Crippen LogP contribution in [0.4, 0.5) is 10.5 Å². The van der Waals surface area contributed by atoms with Gasteiger partial charge in [0.2, 0.25) is 0 Å². The van der Waals surface area contributed by atoms with Gasteiger partial charge < -0.3 is 9.47 Å². The Bertz CT molecular complexity index is 670. The van der Waals surface area contributed by atoms with Gasteiger partial charge in [0.15, 0.2) is 0 Å². The zero-order valence-corrected chi connectivity index (χ0v) is 13.0. The molecule has 114 valence electrons. The molecule has 22 heavy (non-hydrogen) atoms. The molecule has 0 saturated heterocycles. The number of anilines is 1. The number of carbonyl (C=O) groups is 2. The summed E-state index contributed by atoms with van der Waals surface area (Å²) in [6, 6.07) is 13.7. The van der Waals surface area contributed by atoms with Gasteiger partial charge in [-0.25, -0.2) is 4.79 Å². The SMILES string of the molecule is CSc1ccc(NC(=O)Oc2cccc(OC(C)=O)c2)cc1. The molecule has 6 heteroatoms. The number of amides is 1. The largest absolute Gasteiger partial charge is 0.427 e. The third-order valence-corrected chi connectivity index (χ3v) is 3.36. The van der Waals surface area contributed by atoms with Gasteiger partial charge in [0.1, 0.15) is 11.5 Å². The number of hydrogen-bond acceptors (Lipinski definition) is 5. The summed E-state index contributed by atoms with van der Waals surface area (Å²) in [6.45, 7) is 1.30. The van der Waals surface area contributed by atoms with Crippen molar-refractivity contribution >= 4 is 29.5 Å². The average Bonchev–Trinajstić information content (AvgIpc) is 2.47. The van der Waals surface area contributed by atoms with Crippen molar-refractivity contribution in [2.75, 3.05) is 11.6 Å². The summed E-state index contributed by atoms with van der Waals surface area (Å²) in [5, 5.41) is 2.62. The smallest absolute Gasteiger partial charge is 0.417 e. The van der Waals surface area contributed by atoms with Crippen LogP contribution in [0.1, 0.15) is 6.92 Å². The van der Waals surface area contributed by atoms with Crippen LogP contribution in [0.3, 0.4) is 0 Å². The molecule has 0 radical (unpaired) electrons. The topological polar surface area (TPSA) is 64.6 Å². The fourth-order valence-electron chi connectivity index (χ4n) is 1.69. The molecule has 0 fully saturated rings.